The van der Waals surface area contributed by atoms with Crippen LogP contribution in [0.2, 0.25) is 17.3 Å². The summed E-state index contributed by atoms with van der Waals surface area (Å²) in [5.41, 5.74) is 5.66. The fraction of sp³-hybridized carbons (Fsp3) is 0.176. The number of aromatic nitrogens is 2. The Labute approximate surface area is 256 Å². The maximum Gasteiger partial charge on any atom is 0 e. The number of benzene rings is 3. The standard InChI is InChI=1S/C29H25GeN2O.C5H8O2.Ir/c1-18-15-22-21-11-8-14-31-29(21)33-28(22)23(16-18)26-17-24(30(2,3)4)27-20-10-7-6-9-19(20)12-13-25(27)32(26)5;1-4(6)3-5(2)7;/h6-15,17H,5H2,1-4H3;3,6H,1-2H3;/q-1;;/b;4-3-;. The molecule has 5 nitrogen and oxygen atoms in total. The van der Waals surface area contributed by atoms with Crippen molar-refractivity contribution in [3.8, 4) is 11.3 Å². The molecule has 0 atom stereocenters. The minimum Gasteiger partial charge on any atom is 0 e. The van der Waals surface area contributed by atoms with Crippen LogP contribution in [-0.2, 0) is 24.9 Å². The van der Waals surface area contributed by atoms with Crippen LogP contribution in [0.25, 0.3) is 55.0 Å². The van der Waals surface area contributed by atoms with Crippen LogP contribution in [0.15, 0.2) is 83.1 Å². The van der Waals surface area contributed by atoms with Gasteiger partial charge < -0.3 is 5.11 Å². The third-order valence-electron chi connectivity index (χ3n) is 6.93. The Morgan fingerprint density at radius 3 is 2.39 bits per heavy atom. The summed E-state index contributed by atoms with van der Waals surface area (Å²) in [5.74, 6) is 7.30. The van der Waals surface area contributed by atoms with Crippen LogP contribution < -0.4 is 8.96 Å². The second-order valence-corrected chi connectivity index (χ2v) is 21.8. The van der Waals surface area contributed by atoms with Gasteiger partial charge in [0.05, 0.1) is 5.76 Å². The van der Waals surface area contributed by atoms with Gasteiger partial charge in [0.15, 0.2) is 5.78 Å². The molecule has 3 heterocycles. The number of hydrogen-bond donors (Lipinski definition) is 1. The number of carbonyl (C=O) groups excluding carboxylic acids is 1. The van der Waals surface area contributed by atoms with Gasteiger partial charge in [-0.05, 0) is 13.8 Å². The fourth-order valence-corrected chi connectivity index (χ4v) is 8.56. The minimum atomic E-state index is -2.29. The smallest absolute Gasteiger partial charge is 0 e. The van der Waals surface area contributed by atoms with Crippen molar-refractivity contribution in [2.24, 2.45) is 0 Å². The van der Waals surface area contributed by atoms with E-state index in [4.69, 9.17) is 9.52 Å². The average Bonchev–Trinajstić information content (AvgIpc) is 3.26. The minimum absolute atomic E-state index is 0. The zero-order valence-electron chi connectivity index (χ0n) is 24.1. The predicted octanol–water partition coefficient (Wildman–Crippen LogP) is 7.57. The summed E-state index contributed by atoms with van der Waals surface area (Å²) >= 11 is -2.29. The van der Waals surface area contributed by atoms with Crippen LogP contribution in [0.4, 0.5) is 0 Å². The number of aryl methyl sites for hydroxylation is 1. The van der Waals surface area contributed by atoms with Gasteiger partial charge in [-0.2, -0.15) is 0 Å². The van der Waals surface area contributed by atoms with Crippen LogP contribution in [0.3, 0.4) is 0 Å². The Morgan fingerprint density at radius 1 is 1.02 bits per heavy atom. The van der Waals surface area contributed by atoms with E-state index in [9.17, 15) is 4.79 Å². The number of aliphatic hydroxyl groups is 1. The summed E-state index contributed by atoms with van der Waals surface area (Å²) in [5, 5.41) is 14.3. The van der Waals surface area contributed by atoms with Crippen molar-refractivity contribution in [2.45, 2.75) is 38.0 Å². The zero-order chi connectivity index (χ0) is 28.8. The van der Waals surface area contributed by atoms with E-state index in [-0.39, 0.29) is 31.6 Å². The van der Waals surface area contributed by atoms with E-state index in [0.717, 1.165) is 38.7 Å². The maximum atomic E-state index is 10.0. The summed E-state index contributed by atoms with van der Waals surface area (Å²) < 4.78 is 9.81. The summed E-state index contributed by atoms with van der Waals surface area (Å²) in [6, 6.07) is 25.2. The van der Waals surface area contributed by atoms with E-state index in [1.54, 1.807) is 6.20 Å². The van der Waals surface area contributed by atoms with E-state index in [0.29, 0.717) is 5.71 Å². The van der Waals surface area contributed by atoms with Crippen molar-refractivity contribution in [3.63, 3.8) is 0 Å². The number of aliphatic hydroxyl groups excluding tert-OH is 1. The molecule has 0 aliphatic heterocycles. The molecule has 6 aromatic rings. The number of fused-ring (bicyclic) bond motifs is 6. The molecule has 0 saturated heterocycles. The quantitative estimate of drug-likeness (QED) is 0.0503. The fourth-order valence-electron chi connectivity index (χ4n) is 5.24. The molecule has 0 saturated carbocycles. The van der Waals surface area contributed by atoms with Gasteiger partial charge in [-0.25, -0.2) is 0 Å². The van der Waals surface area contributed by atoms with Gasteiger partial charge >= 0.3 is 196 Å². The first-order chi connectivity index (χ1) is 19.0. The molecule has 0 bridgehead atoms. The Kier molecular flexibility index (Phi) is 8.79. The normalized spacial score (nSPS) is 11.9. The van der Waals surface area contributed by atoms with Crippen molar-refractivity contribution in [1.29, 1.82) is 0 Å². The topological polar surface area (TPSA) is 67.2 Å². The Morgan fingerprint density at radius 2 is 1.73 bits per heavy atom. The molecule has 1 N–H and O–H groups in total. The van der Waals surface area contributed by atoms with Gasteiger partial charge in [-0.3, -0.25) is 4.79 Å². The first-order valence-electron chi connectivity index (χ1n) is 13.3. The number of rotatable bonds is 3. The van der Waals surface area contributed by atoms with Gasteiger partial charge in [0.2, 0.25) is 0 Å². The van der Waals surface area contributed by atoms with Crippen LogP contribution in [0.1, 0.15) is 19.4 Å². The average molecular weight is 782 g/mol. The van der Waals surface area contributed by atoms with E-state index in [1.807, 2.05) is 6.07 Å². The molecule has 0 spiro atoms. The molecule has 6 rings (SSSR count). The summed E-state index contributed by atoms with van der Waals surface area (Å²) in [6.45, 7) is 4.93. The molecular weight excluding hydrogens is 749 g/mol. The molecule has 0 aliphatic rings. The van der Waals surface area contributed by atoms with E-state index < -0.39 is 13.3 Å². The molecule has 0 amide bonds. The van der Waals surface area contributed by atoms with Gasteiger partial charge in [-0.1, -0.05) is 0 Å². The van der Waals surface area contributed by atoms with Crippen molar-refractivity contribution in [2.75, 3.05) is 0 Å². The third-order valence-corrected chi connectivity index (χ3v) is 11.1. The van der Waals surface area contributed by atoms with Crippen molar-refractivity contribution in [3.05, 3.63) is 97.4 Å². The molecule has 0 aliphatic carbocycles. The van der Waals surface area contributed by atoms with Crippen molar-refractivity contribution < 1.29 is 39.0 Å². The molecular formula is C34H33GeIrN2O3-. The number of furan rings is 1. The molecule has 1 radical (unpaired) electrons. The van der Waals surface area contributed by atoms with Gasteiger partial charge in [-0.15, -0.1) is 0 Å². The van der Waals surface area contributed by atoms with Crippen molar-refractivity contribution in [1.82, 2.24) is 4.98 Å². The summed E-state index contributed by atoms with van der Waals surface area (Å²) in [7, 11) is 4.51. The molecule has 7 heteroatoms. The summed E-state index contributed by atoms with van der Waals surface area (Å²) in [4.78, 5) is 14.5. The molecule has 41 heavy (non-hydrogen) atoms. The van der Waals surface area contributed by atoms with Gasteiger partial charge in [0.25, 0.3) is 0 Å². The molecule has 0 unspecified atom stereocenters. The number of nitrogens with zero attached hydrogens (tertiary/aromatic N) is 2. The number of pyridine rings is 2. The van der Waals surface area contributed by atoms with Gasteiger partial charge in [0, 0.05) is 26.2 Å². The predicted molar refractivity (Wildman–Crippen MR) is 167 cm³/mol. The number of hydrogen-bond acceptors (Lipinski definition) is 4. The van der Waals surface area contributed by atoms with E-state index >= 15 is 0 Å². The second-order valence-electron chi connectivity index (χ2n) is 11.2. The molecule has 3 aromatic heterocycles. The Bertz CT molecular complexity index is 1970. The number of ketones is 1. The molecule has 0 fully saturated rings. The number of allylic oxidation sites excluding steroid dienone is 2. The van der Waals surface area contributed by atoms with Crippen molar-refractivity contribution >= 4 is 67.2 Å². The maximum absolute atomic E-state index is 10.0. The monoisotopic (exact) mass is 784 g/mol. The van der Waals surface area contributed by atoms with Crippen LogP contribution >= 0.6 is 0 Å². The van der Waals surface area contributed by atoms with Crippen LogP contribution in [-0.4, -0.2) is 29.1 Å². The Hall–Kier alpha value is -3.45. The molecule has 211 valence electrons. The van der Waals surface area contributed by atoms with E-state index in [2.05, 4.69) is 101 Å². The zero-order valence-corrected chi connectivity index (χ0v) is 28.6. The van der Waals surface area contributed by atoms with Crippen LogP contribution in [0, 0.1) is 20.0 Å². The first-order valence-corrected chi connectivity index (χ1v) is 20.6. The van der Waals surface area contributed by atoms with Gasteiger partial charge in [0.1, 0.15) is 0 Å². The third kappa shape index (κ3) is 5.96. The summed E-state index contributed by atoms with van der Waals surface area (Å²) in [6.07, 6.45) is 2.94. The van der Waals surface area contributed by atoms with Crippen LogP contribution in [0.5, 0.6) is 0 Å². The molecule has 3 aromatic carbocycles. The van der Waals surface area contributed by atoms with E-state index in [1.165, 1.54) is 40.5 Å². The number of carbonyl (C=O) groups is 1. The SMILES string of the molecule is CC(=O)/C=C(/C)O.[CH2-][n+]1c(-c2[c-]c(C)cc3c2oc2ncccc23)c[c]([Ge]([CH3])([CH3])[CH3])c2c3ccccc3ccc21.[Ir]. The first kappa shape index (κ1) is 30.5. The Balaban J connectivity index is 0.000000434. The second kappa shape index (κ2) is 11.8. The largest absolute Gasteiger partial charge is 0 e.